The van der Waals surface area contributed by atoms with Crippen LogP contribution in [-0.2, 0) is 13.0 Å². The maximum Gasteiger partial charge on any atom is 0.405 e. The number of hydrogen-bond acceptors (Lipinski definition) is 7. The Balaban J connectivity index is 1.81. The molecule has 3 rings (SSSR count). The van der Waals surface area contributed by atoms with Gasteiger partial charge in [-0.25, -0.2) is 0 Å². The van der Waals surface area contributed by atoms with Crippen molar-refractivity contribution < 1.29 is 13.2 Å². The molecule has 0 radical (unpaired) electrons. The number of anilines is 3. The van der Waals surface area contributed by atoms with E-state index in [1.807, 2.05) is 31.1 Å². The van der Waals surface area contributed by atoms with Crippen LogP contribution < -0.4 is 15.5 Å². The van der Waals surface area contributed by atoms with E-state index in [2.05, 4.69) is 56.5 Å². The molecule has 2 heterocycles. The molecule has 7 nitrogen and oxygen atoms in total. The fourth-order valence-corrected chi connectivity index (χ4v) is 3.74. The van der Waals surface area contributed by atoms with E-state index in [0.717, 1.165) is 13.0 Å². The minimum Gasteiger partial charge on any atom is -0.353 e. The van der Waals surface area contributed by atoms with Crippen molar-refractivity contribution in [3.8, 4) is 0 Å². The van der Waals surface area contributed by atoms with Crippen LogP contribution in [0.15, 0.2) is 24.3 Å². The summed E-state index contributed by atoms with van der Waals surface area (Å²) in [5.74, 6) is 0.538. The quantitative estimate of drug-likeness (QED) is 0.656. The van der Waals surface area contributed by atoms with Crippen molar-refractivity contribution in [2.45, 2.75) is 33.0 Å². The number of nitrogens with one attached hydrogen (secondary N) is 2. The molecule has 0 bridgehead atoms. The van der Waals surface area contributed by atoms with Crippen molar-refractivity contribution in [2.24, 2.45) is 5.41 Å². The highest BCUT2D eigenvalue weighted by atomic mass is 19.4. The molecule has 2 aromatic rings. The first-order valence-electron chi connectivity index (χ1n) is 10.3. The number of rotatable bonds is 8. The van der Waals surface area contributed by atoms with Gasteiger partial charge in [-0.1, -0.05) is 38.1 Å². The van der Waals surface area contributed by atoms with Crippen LogP contribution in [0, 0.1) is 5.41 Å². The summed E-state index contributed by atoms with van der Waals surface area (Å²) in [6, 6.07) is 8.13. The molecule has 0 spiro atoms. The zero-order valence-corrected chi connectivity index (χ0v) is 18.4. The Labute approximate surface area is 181 Å². The third-order valence-corrected chi connectivity index (χ3v) is 4.95. The lowest BCUT2D eigenvalue weighted by molar-refractivity contribution is -0.115. The van der Waals surface area contributed by atoms with Crippen molar-refractivity contribution in [1.82, 2.24) is 19.9 Å². The number of benzene rings is 1. The second kappa shape index (κ2) is 9.25. The Morgan fingerprint density at radius 3 is 2.19 bits per heavy atom. The summed E-state index contributed by atoms with van der Waals surface area (Å²) in [4.78, 5) is 17.0. The molecule has 0 saturated carbocycles. The topological polar surface area (TPSA) is 69.2 Å². The summed E-state index contributed by atoms with van der Waals surface area (Å²) in [7, 11) is 3.99. The molecule has 2 N–H and O–H groups in total. The number of alkyl halides is 3. The van der Waals surface area contributed by atoms with E-state index in [1.54, 1.807) is 0 Å². The molecule has 0 amide bonds. The Morgan fingerprint density at radius 1 is 0.968 bits per heavy atom. The van der Waals surface area contributed by atoms with Crippen molar-refractivity contribution >= 4 is 17.8 Å². The number of hydrogen-bond donors (Lipinski definition) is 2. The summed E-state index contributed by atoms with van der Waals surface area (Å²) in [6.07, 6.45) is -3.54. The Bertz CT molecular complexity index is 884. The lowest BCUT2D eigenvalue weighted by Gasteiger charge is -2.30. The fraction of sp³-hybridized carbons (Fsp3) is 0.571. The summed E-state index contributed by atoms with van der Waals surface area (Å²) in [6.45, 7) is 5.69. The van der Waals surface area contributed by atoms with Gasteiger partial charge in [-0.05, 0) is 37.1 Å². The van der Waals surface area contributed by atoms with Gasteiger partial charge in [-0.2, -0.15) is 28.1 Å². The summed E-state index contributed by atoms with van der Waals surface area (Å²) < 4.78 is 38.2. The highest BCUT2D eigenvalue weighted by molar-refractivity contribution is 5.46. The molecule has 0 atom stereocenters. The van der Waals surface area contributed by atoms with E-state index in [1.165, 1.54) is 11.1 Å². The smallest absolute Gasteiger partial charge is 0.353 e. The van der Waals surface area contributed by atoms with Gasteiger partial charge in [0, 0.05) is 26.2 Å². The molecule has 0 aliphatic carbocycles. The molecule has 0 unspecified atom stereocenters. The van der Waals surface area contributed by atoms with Gasteiger partial charge in [0.25, 0.3) is 0 Å². The number of aromatic nitrogens is 3. The molecule has 0 fully saturated rings. The molecule has 1 aromatic heterocycles. The third kappa shape index (κ3) is 6.95. The summed E-state index contributed by atoms with van der Waals surface area (Å²) in [5.41, 5.74) is 2.35. The number of nitrogens with zero attached hydrogens (tertiary/aromatic N) is 5. The molecule has 31 heavy (non-hydrogen) atoms. The van der Waals surface area contributed by atoms with Crippen molar-refractivity contribution in [3.05, 3.63) is 35.4 Å². The molecule has 1 aliphatic rings. The zero-order chi connectivity index (χ0) is 22.6. The Hall–Kier alpha value is -2.62. The highest BCUT2D eigenvalue weighted by Gasteiger charge is 2.28. The lowest BCUT2D eigenvalue weighted by atomic mass is 9.93. The van der Waals surface area contributed by atoms with Gasteiger partial charge < -0.3 is 20.4 Å². The molecule has 10 heteroatoms. The van der Waals surface area contributed by atoms with Crippen LogP contribution >= 0.6 is 0 Å². The predicted molar refractivity (Wildman–Crippen MR) is 116 cm³/mol. The largest absolute Gasteiger partial charge is 0.405 e. The summed E-state index contributed by atoms with van der Waals surface area (Å²) >= 11 is 0. The predicted octanol–water partition coefficient (Wildman–Crippen LogP) is 3.41. The van der Waals surface area contributed by atoms with Gasteiger partial charge in [0.15, 0.2) is 0 Å². The first-order valence-corrected chi connectivity index (χ1v) is 10.3. The van der Waals surface area contributed by atoms with Crippen molar-refractivity contribution in [1.29, 1.82) is 0 Å². The Morgan fingerprint density at radius 2 is 1.58 bits per heavy atom. The van der Waals surface area contributed by atoms with Crippen LogP contribution in [-0.4, -0.2) is 66.3 Å². The van der Waals surface area contributed by atoms with Gasteiger partial charge in [-0.15, -0.1) is 0 Å². The third-order valence-electron chi connectivity index (χ3n) is 4.95. The second-order valence-corrected chi connectivity index (χ2v) is 8.95. The fourth-order valence-electron chi connectivity index (χ4n) is 3.74. The van der Waals surface area contributed by atoms with E-state index in [9.17, 15) is 13.2 Å². The minimum absolute atomic E-state index is 0.0834. The van der Waals surface area contributed by atoms with Crippen LogP contribution in [0.1, 0.15) is 25.0 Å². The van der Waals surface area contributed by atoms with E-state index in [-0.39, 0.29) is 17.3 Å². The first-order chi connectivity index (χ1) is 14.5. The van der Waals surface area contributed by atoms with Gasteiger partial charge in [-0.3, -0.25) is 0 Å². The number of halogens is 3. The van der Waals surface area contributed by atoms with Crippen LogP contribution in [0.2, 0.25) is 0 Å². The van der Waals surface area contributed by atoms with E-state index in [4.69, 9.17) is 0 Å². The van der Waals surface area contributed by atoms with Crippen molar-refractivity contribution in [3.63, 3.8) is 0 Å². The maximum absolute atomic E-state index is 12.7. The minimum atomic E-state index is -4.36. The zero-order valence-electron chi connectivity index (χ0n) is 18.4. The summed E-state index contributed by atoms with van der Waals surface area (Å²) in [5, 5.41) is 5.48. The molecule has 1 aliphatic heterocycles. The normalized spacial score (nSPS) is 14.5. The standard InChI is InChI=1S/C21H30F3N7/c1-20(2,14-30(3)4)12-25-17-27-18(26-13-21(22,23)24)29-19(28-17)31-10-9-15-7-5-6-8-16(15)11-31/h5-8H,9-14H2,1-4H3,(H2,25,26,27,28,29). The maximum atomic E-state index is 12.7. The van der Waals surface area contributed by atoms with Gasteiger partial charge in [0.1, 0.15) is 6.54 Å². The van der Waals surface area contributed by atoms with E-state index < -0.39 is 12.7 Å². The van der Waals surface area contributed by atoms with Gasteiger partial charge in [0.2, 0.25) is 17.8 Å². The average Bonchev–Trinajstić information content (AvgIpc) is 2.69. The van der Waals surface area contributed by atoms with Crippen LogP contribution in [0.5, 0.6) is 0 Å². The molecule has 170 valence electrons. The SMILES string of the molecule is CN(C)CC(C)(C)CNc1nc(NCC(F)(F)F)nc(N2CCc3ccccc3C2)n1. The molecule has 1 aromatic carbocycles. The Kier molecular flexibility index (Phi) is 6.88. The van der Waals surface area contributed by atoms with E-state index >= 15 is 0 Å². The average molecular weight is 438 g/mol. The van der Waals surface area contributed by atoms with Crippen LogP contribution in [0.4, 0.5) is 31.0 Å². The molecule has 0 saturated heterocycles. The first kappa shape index (κ1) is 23.1. The second-order valence-electron chi connectivity index (χ2n) is 8.95. The van der Waals surface area contributed by atoms with Crippen LogP contribution in [0.3, 0.4) is 0 Å². The molecular weight excluding hydrogens is 407 g/mol. The molecular formula is C21H30F3N7. The monoisotopic (exact) mass is 437 g/mol. The van der Waals surface area contributed by atoms with Gasteiger partial charge in [0.05, 0.1) is 0 Å². The van der Waals surface area contributed by atoms with E-state index in [0.29, 0.717) is 25.6 Å². The number of fused-ring (bicyclic) bond motifs is 1. The van der Waals surface area contributed by atoms with Crippen LogP contribution in [0.25, 0.3) is 0 Å². The lowest BCUT2D eigenvalue weighted by Crippen LogP contribution is -2.35. The van der Waals surface area contributed by atoms with Crippen molar-refractivity contribution in [2.75, 3.05) is 55.8 Å². The van der Waals surface area contributed by atoms with Gasteiger partial charge >= 0.3 is 6.18 Å². The highest BCUT2D eigenvalue weighted by Crippen LogP contribution is 2.24.